The van der Waals surface area contributed by atoms with Crippen LogP contribution in [0, 0.1) is 0 Å². The molecular weight excluding hydrogens is 763 g/mol. The third kappa shape index (κ3) is 42.4. The summed E-state index contributed by atoms with van der Waals surface area (Å²) in [6.07, 6.45) is 53.0. The molecule has 61 heavy (non-hydrogen) atoms. The van der Waals surface area contributed by atoms with Crippen molar-refractivity contribution in [2.75, 3.05) is 41.0 Å². The Morgan fingerprint density at radius 2 is 0.918 bits per heavy atom. The van der Waals surface area contributed by atoms with E-state index in [2.05, 4.69) is 62.5 Å². The Kier molecular flexibility index (Phi) is 42.0. The van der Waals surface area contributed by atoms with Gasteiger partial charge in [-0.3, -0.25) is 9.59 Å². The molecule has 0 aliphatic heterocycles. The number of allylic oxidation sites excluding steroid dienone is 8. The molecule has 0 aromatic heterocycles. The molecule has 0 amide bonds. The SMILES string of the molecule is CC/C=C\C/C=C\C/C=C\C/C=C\CCCCCCC(=O)OC(COCCC(C(=O)O)[N+](C)(C)C)COC(=O)CCCCCCCCCCCCCCCCCCCCCC. The second-order valence-corrected chi connectivity index (χ2v) is 18.1. The minimum atomic E-state index is -0.878. The Morgan fingerprint density at radius 3 is 1.36 bits per heavy atom. The number of carboxylic acids is 1. The molecule has 2 unspecified atom stereocenters. The van der Waals surface area contributed by atoms with Crippen molar-refractivity contribution in [3.8, 4) is 0 Å². The molecule has 0 heterocycles. The maximum Gasteiger partial charge on any atom is 0.362 e. The lowest BCUT2D eigenvalue weighted by molar-refractivity contribution is -0.887. The van der Waals surface area contributed by atoms with Gasteiger partial charge >= 0.3 is 17.9 Å². The normalized spacial score (nSPS) is 13.3. The lowest BCUT2D eigenvalue weighted by Gasteiger charge is -2.31. The topological polar surface area (TPSA) is 99.1 Å². The predicted octanol–water partition coefficient (Wildman–Crippen LogP) is 14.4. The Bertz CT molecular complexity index is 1140. The van der Waals surface area contributed by atoms with Gasteiger partial charge in [0.15, 0.2) is 12.1 Å². The van der Waals surface area contributed by atoms with Crippen molar-refractivity contribution in [3.63, 3.8) is 0 Å². The monoisotopic (exact) mass is 859 g/mol. The second kappa shape index (κ2) is 43.9. The van der Waals surface area contributed by atoms with Gasteiger partial charge in [-0.25, -0.2) is 4.79 Å². The molecule has 0 rings (SSSR count). The maximum atomic E-state index is 12.8. The molecule has 0 aliphatic carbocycles. The Hall–Kier alpha value is -2.71. The molecule has 8 nitrogen and oxygen atoms in total. The van der Waals surface area contributed by atoms with Crippen LogP contribution in [0.1, 0.15) is 219 Å². The van der Waals surface area contributed by atoms with Gasteiger partial charge < -0.3 is 23.8 Å². The van der Waals surface area contributed by atoms with Crippen molar-refractivity contribution in [2.24, 2.45) is 0 Å². The van der Waals surface area contributed by atoms with Crippen LogP contribution in [0.2, 0.25) is 0 Å². The lowest BCUT2D eigenvalue weighted by atomic mass is 10.0. The molecule has 8 heteroatoms. The molecule has 2 atom stereocenters. The Balaban J connectivity index is 4.26. The van der Waals surface area contributed by atoms with Crippen LogP contribution in [0.4, 0.5) is 0 Å². The van der Waals surface area contributed by atoms with Gasteiger partial charge in [-0.1, -0.05) is 197 Å². The summed E-state index contributed by atoms with van der Waals surface area (Å²) in [6.45, 7) is 4.62. The third-order valence-electron chi connectivity index (χ3n) is 11.2. The van der Waals surface area contributed by atoms with Gasteiger partial charge in [0.05, 0.1) is 34.4 Å². The summed E-state index contributed by atoms with van der Waals surface area (Å²) in [5.74, 6) is -1.49. The maximum absolute atomic E-state index is 12.8. The highest BCUT2D eigenvalue weighted by Gasteiger charge is 2.31. The van der Waals surface area contributed by atoms with Crippen molar-refractivity contribution < 1.29 is 38.2 Å². The lowest BCUT2D eigenvalue weighted by Crippen LogP contribution is -2.50. The zero-order valence-electron chi connectivity index (χ0n) is 40.4. The van der Waals surface area contributed by atoms with E-state index in [4.69, 9.17) is 14.2 Å². The molecular formula is C53H96NO7+. The standard InChI is InChI=1S/C53H95NO7/c1-6-8-10-12-14-16-18-20-22-24-25-26-28-29-31-33-35-37-39-41-43-51(55)60-48-49(47-59-46-45-50(53(57)58)54(3,4)5)61-52(56)44-42-40-38-36-34-32-30-27-23-21-19-17-15-13-11-9-7-2/h9,11,15,17,21,23,30,32,49-50H,6-8,10,12-14,16,18-20,22,24-29,31,33-48H2,1-5H3/p+1/b11-9-,17-15-,23-21-,32-30-. The first-order valence-electron chi connectivity index (χ1n) is 25.2. The van der Waals surface area contributed by atoms with E-state index in [0.29, 0.717) is 19.3 Å². The fourth-order valence-electron chi connectivity index (χ4n) is 7.38. The minimum absolute atomic E-state index is 0.0523. The van der Waals surface area contributed by atoms with Crippen LogP contribution in [0.3, 0.4) is 0 Å². The van der Waals surface area contributed by atoms with Gasteiger partial charge in [-0.15, -0.1) is 0 Å². The quantitative estimate of drug-likeness (QED) is 0.0282. The largest absolute Gasteiger partial charge is 0.477 e. The zero-order valence-corrected chi connectivity index (χ0v) is 40.4. The number of aliphatic carboxylic acids is 1. The minimum Gasteiger partial charge on any atom is -0.477 e. The van der Waals surface area contributed by atoms with E-state index in [1.165, 1.54) is 109 Å². The molecule has 354 valence electrons. The Morgan fingerprint density at radius 1 is 0.508 bits per heavy atom. The van der Waals surface area contributed by atoms with Crippen LogP contribution in [0.5, 0.6) is 0 Å². The summed E-state index contributed by atoms with van der Waals surface area (Å²) >= 11 is 0. The van der Waals surface area contributed by atoms with Gasteiger partial charge in [0, 0.05) is 19.3 Å². The van der Waals surface area contributed by atoms with Crippen molar-refractivity contribution in [1.29, 1.82) is 0 Å². The molecule has 0 aromatic rings. The molecule has 0 aliphatic rings. The van der Waals surface area contributed by atoms with E-state index in [0.717, 1.165) is 77.0 Å². The van der Waals surface area contributed by atoms with Crippen LogP contribution in [0.25, 0.3) is 0 Å². The second-order valence-electron chi connectivity index (χ2n) is 18.1. The van der Waals surface area contributed by atoms with E-state index >= 15 is 0 Å². The summed E-state index contributed by atoms with van der Waals surface area (Å²) in [7, 11) is 5.53. The Labute approximate surface area is 376 Å². The number of quaternary nitrogens is 1. The van der Waals surface area contributed by atoms with Gasteiger partial charge in [0.2, 0.25) is 0 Å². The molecule has 0 radical (unpaired) electrons. The van der Waals surface area contributed by atoms with E-state index < -0.39 is 18.1 Å². The number of carbonyl (C=O) groups is 3. The van der Waals surface area contributed by atoms with Crippen molar-refractivity contribution in [2.45, 2.75) is 231 Å². The smallest absolute Gasteiger partial charge is 0.362 e. The average molecular weight is 859 g/mol. The van der Waals surface area contributed by atoms with Gasteiger partial charge in [-0.05, 0) is 51.4 Å². The number of likely N-dealkylation sites (N-methyl/N-ethyl adjacent to an activating group) is 1. The van der Waals surface area contributed by atoms with E-state index in [1.54, 1.807) is 0 Å². The fraction of sp³-hybridized carbons (Fsp3) is 0.792. The van der Waals surface area contributed by atoms with Crippen LogP contribution in [-0.2, 0) is 28.6 Å². The van der Waals surface area contributed by atoms with Crippen molar-refractivity contribution in [1.82, 2.24) is 0 Å². The highest BCUT2D eigenvalue weighted by molar-refractivity contribution is 5.72. The first kappa shape index (κ1) is 58.3. The highest BCUT2D eigenvalue weighted by atomic mass is 16.6. The fourth-order valence-corrected chi connectivity index (χ4v) is 7.38. The van der Waals surface area contributed by atoms with E-state index in [9.17, 15) is 19.5 Å². The average Bonchev–Trinajstić information content (AvgIpc) is 3.22. The van der Waals surface area contributed by atoms with Crippen molar-refractivity contribution in [3.05, 3.63) is 48.6 Å². The molecule has 0 bridgehead atoms. The number of nitrogens with zero attached hydrogens (tertiary/aromatic N) is 1. The molecule has 0 fully saturated rings. The first-order chi connectivity index (χ1) is 29.6. The predicted molar refractivity (Wildman–Crippen MR) is 257 cm³/mol. The highest BCUT2D eigenvalue weighted by Crippen LogP contribution is 2.16. The van der Waals surface area contributed by atoms with Crippen LogP contribution in [-0.4, -0.2) is 80.6 Å². The number of esters is 2. The van der Waals surface area contributed by atoms with E-state index in [-0.39, 0.29) is 36.2 Å². The first-order valence-corrected chi connectivity index (χ1v) is 25.2. The molecule has 1 N–H and O–H groups in total. The summed E-state index contributed by atoms with van der Waals surface area (Å²) in [5, 5.41) is 9.65. The third-order valence-corrected chi connectivity index (χ3v) is 11.2. The van der Waals surface area contributed by atoms with Gasteiger partial charge in [0.25, 0.3) is 0 Å². The summed E-state index contributed by atoms with van der Waals surface area (Å²) in [6, 6.07) is -0.620. The van der Waals surface area contributed by atoms with Gasteiger partial charge in [-0.2, -0.15) is 0 Å². The van der Waals surface area contributed by atoms with Crippen LogP contribution < -0.4 is 0 Å². The zero-order chi connectivity index (χ0) is 44.9. The number of hydrogen-bond acceptors (Lipinski definition) is 6. The number of ether oxygens (including phenoxy) is 3. The molecule has 0 spiro atoms. The van der Waals surface area contributed by atoms with Gasteiger partial charge in [0.1, 0.15) is 6.61 Å². The van der Waals surface area contributed by atoms with Crippen molar-refractivity contribution >= 4 is 17.9 Å². The summed E-state index contributed by atoms with van der Waals surface area (Å²) in [5.41, 5.74) is 0. The molecule has 0 saturated carbocycles. The summed E-state index contributed by atoms with van der Waals surface area (Å²) < 4.78 is 17.3. The van der Waals surface area contributed by atoms with Crippen LogP contribution >= 0.6 is 0 Å². The molecule has 0 saturated heterocycles. The molecule has 0 aromatic carbocycles. The number of rotatable bonds is 45. The number of carbonyl (C=O) groups excluding carboxylic acids is 2. The number of carboxylic acid groups (broad SMARTS) is 1. The van der Waals surface area contributed by atoms with Crippen LogP contribution in [0.15, 0.2) is 48.6 Å². The number of hydrogen-bond donors (Lipinski definition) is 1. The van der Waals surface area contributed by atoms with E-state index in [1.807, 2.05) is 21.1 Å². The number of unbranched alkanes of at least 4 members (excludes halogenated alkanes) is 23. The summed E-state index contributed by atoms with van der Waals surface area (Å²) in [4.78, 5) is 37.1.